The minimum atomic E-state index is -4.19. The summed E-state index contributed by atoms with van der Waals surface area (Å²) in [4.78, 5) is 69.7. The number of carbonyl (C=O) groups is 5. The Morgan fingerprint density at radius 1 is 1.04 bits per heavy atom. The number of sulfone groups is 1. The number of hydrogen-bond acceptors (Lipinski definition) is 13. The van der Waals surface area contributed by atoms with Gasteiger partial charge in [-0.05, 0) is 53.7 Å². The number of amides is 3. The summed E-state index contributed by atoms with van der Waals surface area (Å²) in [5, 5.41) is 6.48. The van der Waals surface area contributed by atoms with E-state index in [0.29, 0.717) is 5.57 Å². The molecule has 258 valence electrons. The van der Waals surface area contributed by atoms with Crippen molar-refractivity contribution in [2.45, 2.75) is 76.0 Å². The van der Waals surface area contributed by atoms with Crippen LogP contribution in [0, 0.1) is 0 Å². The zero-order chi connectivity index (χ0) is 35.6. The second kappa shape index (κ2) is 14.1. The van der Waals surface area contributed by atoms with Crippen LogP contribution in [-0.4, -0.2) is 83.1 Å². The fraction of sp³-hybridized carbons (Fsp3) is 0.419. The Morgan fingerprint density at radius 3 is 2.29 bits per heavy atom. The summed E-state index contributed by atoms with van der Waals surface area (Å²) in [5.41, 5.74) is -1.88. The molecule has 2 aromatic rings. The van der Waals surface area contributed by atoms with Gasteiger partial charge in [0.2, 0.25) is 9.84 Å². The Balaban J connectivity index is 1.64. The van der Waals surface area contributed by atoms with Crippen molar-refractivity contribution < 1.29 is 46.6 Å². The molecule has 4 rings (SSSR count). The first-order valence-corrected chi connectivity index (χ1v) is 18.1. The highest BCUT2D eigenvalue weighted by Crippen LogP contribution is 2.41. The Bertz CT molecular complexity index is 1790. The number of nitrogens with one attached hydrogen (secondary N) is 2. The van der Waals surface area contributed by atoms with E-state index in [1.807, 2.05) is 0 Å². The zero-order valence-corrected chi connectivity index (χ0v) is 29.8. The SMILES string of the molecule is CC(=O)OCC1=C(C(=O)OC(C)(C)C)N2C(=O)C(NC(=O)C(=CS(=O)(=O)c3ccccc3)c3csc(NC(=O)OC(C)(C)C)n3)[C@@H]2SC1. The van der Waals surface area contributed by atoms with Gasteiger partial charge in [-0.1, -0.05) is 18.2 Å². The number of fused-ring (bicyclic) bond motifs is 1. The van der Waals surface area contributed by atoms with Gasteiger partial charge in [0, 0.05) is 23.6 Å². The number of anilines is 1. The molecule has 3 amide bonds. The monoisotopic (exact) mass is 720 g/mol. The van der Waals surface area contributed by atoms with Gasteiger partial charge in [0.15, 0.2) is 5.13 Å². The second-order valence-corrected chi connectivity index (χ2v) is 16.4. The van der Waals surface area contributed by atoms with E-state index in [1.165, 1.54) is 53.2 Å². The van der Waals surface area contributed by atoms with Gasteiger partial charge in [-0.15, -0.1) is 23.1 Å². The average Bonchev–Trinajstić information content (AvgIpc) is 3.43. The van der Waals surface area contributed by atoms with Crippen molar-refractivity contribution >= 4 is 73.5 Å². The Labute approximate surface area is 286 Å². The van der Waals surface area contributed by atoms with E-state index in [0.717, 1.165) is 16.7 Å². The van der Waals surface area contributed by atoms with Crippen molar-refractivity contribution in [2.75, 3.05) is 17.7 Å². The summed E-state index contributed by atoms with van der Waals surface area (Å²) in [5.74, 6) is -2.78. The highest BCUT2D eigenvalue weighted by Gasteiger charge is 2.55. The van der Waals surface area contributed by atoms with Gasteiger partial charge in [0.05, 0.1) is 21.6 Å². The lowest BCUT2D eigenvalue weighted by atomic mass is 10.0. The number of carbonyl (C=O) groups excluding carboxylic acids is 5. The van der Waals surface area contributed by atoms with Crippen molar-refractivity contribution in [2.24, 2.45) is 0 Å². The number of ether oxygens (including phenoxy) is 3. The van der Waals surface area contributed by atoms with Crippen molar-refractivity contribution in [3.63, 3.8) is 0 Å². The number of esters is 2. The van der Waals surface area contributed by atoms with Gasteiger partial charge in [0.1, 0.15) is 34.9 Å². The molecule has 2 aliphatic heterocycles. The minimum absolute atomic E-state index is 0.0382. The summed E-state index contributed by atoms with van der Waals surface area (Å²) in [6.07, 6.45) is -0.799. The quantitative estimate of drug-likeness (QED) is 0.165. The zero-order valence-electron chi connectivity index (χ0n) is 27.3. The molecule has 17 heteroatoms. The highest BCUT2D eigenvalue weighted by atomic mass is 32.2. The molecule has 0 bridgehead atoms. The highest BCUT2D eigenvalue weighted by molar-refractivity contribution is 8.00. The summed E-state index contributed by atoms with van der Waals surface area (Å²) in [6.45, 7) is 11.0. The molecule has 14 nitrogen and oxygen atoms in total. The molecule has 48 heavy (non-hydrogen) atoms. The lowest BCUT2D eigenvalue weighted by molar-refractivity contribution is -0.159. The third-order valence-electron chi connectivity index (χ3n) is 6.35. The van der Waals surface area contributed by atoms with Crippen molar-refractivity contribution in [3.8, 4) is 0 Å². The van der Waals surface area contributed by atoms with Gasteiger partial charge in [0.25, 0.3) is 11.8 Å². The molecule has 2 atom stereocenters. The average molecular weight is 721 g/mol. The van der Waals surface area contributed by atoms with Crippen LogP contribution in [0.1, 0.15) is 54.2 Å². The third-order valence-corrected chi connectivity index (χ3v) is 9.93. The maximum Gasteiger partial charge on any atom is 0.413 e. The van der Waals surface area contributed by atoms with E-state index >= 15 is 0 Å². The van der Waals surface area contributed by atoms with Crippen LogP contribution < -0.4 is 10.6 Å². The topological polar surface area (TPSA) is 187 Å². The molecule has 2 aliphatic rings. The number of β-lactam (4-membered cyclic amide) rings is 1. The van der Waals surface area contributed by atoms with Crippen LogP contribution in [0.4, 0.5) is 9.93 Å². The second-order valence-electron chi connectivity index (χ2n) is 12.6. The van der Waals surface area contributed by atoms with Crippen molar-refractivity contribution in [1.29, 1.82) is 0 Å². The number of aromatic nitrogens is 1. The van der Waals surface area contributed by atoms with Gasteiger partial charge < -0.3 is 19.5 Å². The fourth-order valence-electron chi connectivity index (χ4n) is 4.43. The summed E-state index contributed by atoms with van der Waals surface area (Å²) >= 11 is 2.15. The van der Waals surface area contributed by atoms with E-state index in [1.54, 1.807) is 47.6 Å². The molecule has 0 radical (unpaired) electrons. The minimum Gasteiger partial charge on any atom is -0.461 e. The van der Waals surface area contributed by atoms with Crippen LogP contribution in [0.25, 0.3) is 5.57 Å². The lowest BCUT2D eigenvalue weighted by Gasteiger charge is -2.50. The molecule has 0 spiro atoms. The van der Waals surface area contributed by atoms with Gasteiger partial charge in [-0.25, -0.2) is 23.0 Å². The van der Waals surface area contributed by atoms with E-state index in [9.17, 15) is 32.4 Å². The number of thioether (sulfide) groups is 1. The van der Waals surface area contributed by atoms with Crippen LogP contribution in [0.3, 0.4) is 0 Å². The van der Waals surface area contributed by atoms with Gasteiger partial charge >= 0.3 is 18.0 Å². The maximum absolute atomic E-state index is 13.8. The molecule has 2 N–H and O–H groups in total. The molecular weight excluding hydrogens is 685 g/mol. The number of hydrogen-bond donors (Lipinski definition) is 2. The van der Waals surface area contributed by atoms with E-state index < -0.39 is 67.9 Å². The van der Waals surface area contributed by atoms with Crippen molar-refractivity contribution in [1.82, 2.24) is 15.2 Å². The standard InChI is InChI=1S/C31H36N4O10S3/c1-17(36)43-13-18-14-46-26-22(25(38)35(26)23(18)27(39)44-30(2,3)4)33-24(37)20(16-48(41,42)19-11-9-8-10-12-19)21-15-47-28(32-21)34-29(40)45-31(5,6)7/h8-12,15-16,22,26H,13-14H2,1-7H3,(H,33,37)(H,32,34,40)/t22?,26-/m0/s1. The largest absolute Gasteiger partial charge is 0.461 e. The van der Waals surface area contributed by atoms with Gasteiger partial charge in [-0.3, -0.25) is 24.6 Å². The predicted octanol–water partition coefficient (Wildman–Crippen LogP) is 3.86. The molecule has 1 aromatic heterocycles. The first kappa shape index (κ1) is 36.6. The first-order valence-electron chi connectivity index (χ1n) is 14.6. The summed E-state index contributed by atoms with van der Waals surface area (Å²) in [6, 6.07) is 6.26. The van der Waals surface area contributed by atoms with E-state index in [-0.39, 0.29) is 33.8 Å². The lowest BCUT2D eigenvalue weighted by Crippen LogP contribution is -2.70. The van der Waals surface area contributed by atoms with Crippen LogP contribution in [0.15, 0.2) is 57.3 Å². The number of rotatable bonds is 9. The van der Waals surface area contributed by atoms with Crippen LogP contribution in [0.2, 0.25) is 0 Å². The Morgan fingerprint density at radius 2 is 1.69 bits per heavy atom. The predicted molar refractivity (Wildman–Crippen MR) is 178 cm³/mol. The third kappa shape index (κ3) is 9.02. The normalized spacial score (nSPS) is 18.4. The Kier molecular flexibility index (Phi) is 10.8. The summed E-state index contributed by atoms with van der Waals surface area (Å²) < 4.78 is 42.6. The molecule has 3 heterocycles. The molecule has 0 saturated carbocycles. The number of thiazole rings is 1. The number of benzene rings is 1. The Hall–Kier alpha value is -4.22. The molecule has 0 aliphatic carbocycles. The van der Waals surface area contributed by atoms with Crippen LogP contribution in [-0.2, 0) is 43.2 Å². The first-order chi connectivity index (χ1) is 22.3. The smallest absolute Gasteiger partial charge is 0.413 e. The van der Waals surface area contributed by atoms with Crippen LogP contribution >= 0.6 is 23.1 Å². The number of nitrogens with zero attached hydrogens (tertiary/aromatic N) is 2. The molecular formula is C31H36N4O10S3. The molecule has 1 unspecified atom stereocenters. The molecule has 1 aromatic carbocycles. The molecule has 1 fully saturated rings. The van der Waals surface area contributed by atoms with E-state index in [2.05, 4.69) is 15.6 Å². The van der Waals surface area contributed by atoms with Crippen molar-refractivity contribution in [3.05, 3.63) is 58.1 Å². The summed E-state index contributed by atoms with van der Waals surface area (Å²) in [7, 11) is -4.19. The maximum atomic E-state index is 13.8. The van der Waals surface area contributed by atoms with Gasteiger partial charge in [-0.2, -0.15) is 0 Å². The van der Waals surface area contributed by atoms with E-state index in [4.69, 9.17) is 14.2 Å². The molecule has 1 saturated heterocycles. The van der Waals surface area contributed by atoms with Crippen LogP contribution in [0.5, 0.6) is 0 Å². The fourth-order valence-corrected chi connectivity index (χ4v) is 7.66.